The highest BCUT2D eigenvalue weighted by Gasteiger charge is 2.24. The number of pyridine rings is 1. The van der Waals surface area contributed by atoms with Gasteiger partial charge in [-0.25, -0.2) is 9.37 Å². The van der Waals surface area contributed by atoms with Gasteiger partial charge in [0.1, 0.15) is 17.2 Å². The maximum absolute atomic E-state index is 14.2. The van der Waals surface area contributed by atoms with E-state index in [2.05, 4.69) is 30.7 Å². The van der Waals surface area contributed by atoms with Gasteiger partial charge >= 0.3 is 0 Å². The first kappa shape index (κ1) is 13.5. The smallest absolute Gasteiger partial charge is 0.144 e. The number of aromatic nitrogens is 3. The first-order valence-corrected chi connectivity index (χ1v) is 6.76. The standard InChI is InChI=1S/C16H17FN4/c1-16(2,3)21-14-6-7-19-9-13(14)20-15(21)11-8-10(18)4-5-12(11)17/h4-9H,18H2,1-3H3. The van der Waals surface area contributed by atoms with E-state index in [-0.39, 0.29) is 11.4 Å². The fourth-order valence-corrected chi connectivity index (χ4v) is 2.51. The highest BCUT2D eigenvalue weighted by molar-refractivity contribution is 5.80. The van der Waals surface area contributed by atoms with Crippen LogP contribution in [-0.2, 0) is 5.54 Å². The van der Waals surface area contributed by atoms with Gasteiger partial charge in [-0.15, -0.1) is 0 Å². The minimum absolute atomic E-state index is 0.248. The van der Waals surface area contributed by atoms with Crippen LogP contribution in [0.4, 0.5) is 10.1 Å². The predicted molar refractivity (Wildman–Crippen MR) is 82.3 cm³/mol. The van der Waals surface area contributed by atoms with Crippen LogP contribution in [0.25, 0.3) is 22.4 Å². The number of benzene rings is 1. The minimum atomic E-state index is -0.335. The Morgan fingerprint density at radius 1 is 1.19 bits per heavy atom. The van der Waals surface area contributed by atoms with Crippen LogP contribution in [0.3, 0.4) is 0 Å². The third kappa shape index (κ3) is 2.24. The van der Waals surface area contributed by atoms with Gasteiger partial charge in [0.25, 0.3) is 0 Å². The lowest BCUT2D eigenvalue weighted by molar-refractivity contribution is 0.412. The van der Waals surface area contributed by atoms with Gasteiger partial charge in [0.05, 0.1) is 17.3 Å². The molecule has 0 bridgehead atoms. The number of anilines is 1. The Bertz CT molecular complexity index is 815. The van der Waals surface area contributed by atoms with Gasteiger partial charge in [-0.2, -0.15) is 0 Å². The lowest BCUT2D eigenvalue weighted by Gasteiger charge is -2.25. The van der Waals surface area contributed by atoms with Crippen molar-refractivity contribution >= 4 is 16.7 Å². The van der Waals surface area contributed by atoms with Crippen molar-refractivity contribution in [2.75, 3.05) is 5.73 Å². The Morgan fingerprint density at radius 3 is 2.67 bits per heavy atom. The fourth-order valence-electron chi connectivity index (χ4n) is 2.51. The molecule has 0 saturated carbocycles. The number of nitrogen functional groups attached to an aromatic ring is 1. The van der Waals surface area contributed by atoms with Gasteiger partial charge in [-0.1, -0.05) is 0 Å². The highest BCUT2D eigenvalue weighted by atomic mass is 19.1. The molecule has 0 unspecified atom stereocenters. The Labute approximate surface area is 122 Å². The molecular formula is C16H17FN4. The van der Waals surface area contributed by atoms with Crippen LogP contribution in [0.2, 0.25) is 0 Å². The van der Waals surface area contributed by atoms with Crippen molar-refractivity contribution < 1.29 is 4.39 Å². The van der Waals surface area contributed by atoms with Gasteiger partial charge in [0.2, 0.25) is 0 Å². The largest absolute Gasteiger partial charge is 0.399 e. The van der Waals surface area contributed by atoms with E-state index < -0.39 is 0 Å². The fraction of sp³-hybridized carbons (Fsp3) is 0.250. The molecule has 108 valence electrons. The first-order chi connectivity index (χ1) is 9.88. The summed E-state index contributed by atoms with van der Waals surface area (Å²) in [6.45, 7) is 6.17. The van der Waals surface area contributed by atoms with Crippen molar-refractivity contribution in [1.82, 2.24) is 14.5 Å². The molecular weight excluding hydrogens is 267 g/mol. The van der Waals surface area contributed by atoms with Gasteiger partial charge in [-0.3, -0.25) is 4.98 Å². The molecule has 0 aliphatic carbocycles. The van der Waals surface area contributed by atoms with E-state index >= 15 is 0 Å². The van der Waals surface area contributed by atoms with E-state index in [9.17, 15) is 4.39 Å². The molecule has 2 heterocycles. The van der Waals surface area contributed by atoms with E-state index in [0.29, 0.717) is 17.1 Å². The Hall–Kier alpha value is -2.43. The van der Waals surface area contributed by atoms with Crippen molar-refractivity contribution in [2.45, 2.75) is 26.3 Å². The van der Waals surface area contributed by atoms with Crippen LogP contribution >= 0.6 is 0 Å². The maximum Gasteiger partial charge on any atom is 0.144 e. The lowest BCUT2D eigenvalue weighted by atomic mass is 10.1. The average Bonchev–Trinajstić information content (AvgIpc) is 2.80. The van der Waals surface area contributed by atoms with Gasteiger partial charge in [0, 0.05) is 17.4 Å². The molecule has 3 aromatic rings. The number of halogens is 1. The van der Waals surface area contributed by atoms with E-state index in [1.54, 1.807) is 24.5 Å². The second kappa shape index (κ2) is 4.55. The third-order valence-electron chi connectivity index (χ3n) is 3.36. The number of nitrogens with zero attached hydrogens (tertiary/aromatic N) is 3. The molecule has 0 radical (unpaired) electrons. The second-order valence-corrected chi connectivity index (χ2v) is 6.05. The summed E-state index contributed by atoms with van der Waals surface area (Å²) >= 11 is 0. The quantitative estimate of drug-likeness (QED) is 0.695. The molecule has 5 heteroatoms. The number of nitrogens with two attached hydrogens (primary N) is 1. The summed E-state index contributed by atoms with van der Waals surface area (Å²) in [4.78, 5) is 8.64. The third-order valence-corrected chi connectivity index (χ3v) is 3.36. The monoisotopic (exact) mass is 284 g/mol. The molecule has 0 aliphatic rings. The van der Waals surface area contributed by atoms with Crippen LogP contribution in [0.5, 0.6) is 0 Å². The zero-order valence-corrected chi connectivity index (χ0v) is 12.3. The minimum Gasteiger partial charge on any atom is -0.399 e. The molecule has 0 saturated heterocycles. The molecule has 4 nitrogen and oxygen atoms in total. The molecule has 3 rings (SSSR count). The summed E-state index contributed by atoms with van der Waals surface area (Å²) in [5, 5.41) is 0. The summed E-state index contributed by atoms with van der Waals surface area (Å²) in [5.74, 6) is 0.230. The van der Waals surface area contributed by atoms with Crippen molar-refractivity contribution in [3.05, 3.63) is 42.5 Å². The summed E-state index contributed by atoms with van der Waals surface area (Å²) in [7, 11) is 0. The summed E-state index contributed by atoms with van der Waals surface area (Å²) in [5.41, 5.74) is 8.13. The highest BCUT2D eigenvalue weighted by Crippen LogP contribution is 2.32. The molecule has 21 heavy (non-hydrogen) atoms. The van der Waals surface area contributed by atoms with Gasteiger partial charge in [-0.05, 0) is 45.0 Å². The number of hydrogen-bond donors (Lipinski definition) is 1. The molecule has 2 N–H and O–H groups in total. The molecule has 0 aliphatic heterocycles. The first-order valence-electron chi connectivity index (χ1n) is 6.76. The topological polar surface area (TPSA) is 56.7 Å². The molecule has 0 amide bonds. The van der Waals surface area contributed by atoms with E-state index in [1.807, 2.05) is 10.6 Å². The summed E-state index contributed by atoms with van der Waals surface area (Å²) in [6, 6.07) is 6.42. The Balaban J connectivity index is 2.39. The zero-order chi connectivity index (χ0) is 15.2. The van der Waals surface area contributed by atoms with E-state index in [1.165, 1.54) is 6.07 Å². The van der Waals surface area contributed by atoms with E-state index in [4.69, 9.17) is 5.73 Å². The molecule has 1 aromatic carbocycles. The lowest BCUT2D eigenvalue weighted by Crippen LogP contribution is -2.22. The zero-order valence-electron chi connectivity index (χ0n) is 12.3. The molecule has 0 spiro atoms. The van der Waals surface area contributed by atoms with Crippen LogP contribution in [0.1, 0.15) is 20.8 Å². The van der Waals surface area contributed by atoms with Crippen molar-refractivity contribution in [2.24, 2.45) is 0 Å². The number of rotatable bonds is 1. The number of imidazole rings is 1. The van der Waals surface area contributed by atoms with Gasteiger partial charge in [0.15, 0.2) is 0 Å². The number of hydrogen-bond acceptors (Lipinski definition) is 3. The predicted octanol–water partition coefficient (Wildman–Crippen LogP) is 3.57. The summed E-state index contributed by atoms with van der Waals surface area (Å²) in [6.07, 6.45) is 3.40. The summed E-state index contributed by atoms with van der Waals surface area (Å²) < 4.78 is 16.2. The van der Waals surface area contributed by atoms with Gasteiger partial charge < -0.3 is 10.3 Å². The normalized spacial score (nSPS) is 12.0. The van der Waals surface area contributed by atoms with Crippen LogP contribution in [0.15, 0.2) is 36.7 Å². The van der Waals surface area contributed by atoms with Crippen molar-refractivity contribution in [3.8, 4) is 11.4 Å². The second-order valence-electron chi connectivity index (χ2n) is 6.05. The molecule has 2 aromatic heterocycles. The van der Waals surface area contributed by atoms with E-state index in [0.717, 1.165) is 11.0 Å². The Kier molecular flexibility index (Phi) is 2.93. The van der Waals surface area contributed by atoms with Crippen LogP contribution in [-0.4, -0.2) is 14.5 Å². The molecule has 0 fully saturated rings. The van der Waals surface area contributed by atoms with Crippen LogP contribution in [0, 0.1) is 5.82 Å². The number of fused-ring (bicyclic) bond motifs is 1. The maximum atomic E-state index is 14.2. The van der Waals surface area contributed by atoms with Crippen molar-refractivity contribution in [3.63, 3.8) is 0 Å². The average molecular weight is 284 g/mol. The SMILES string of the molecule is CC(C)(C)n1c(-c2cc(N)ccc2F)nc2cnccc21. The Morgan fingerprint density at radius 2 is 1.95 bits per heavy atom. The van der Waals surface area contributed by atoms with Crippen molar-refractivity contribution in [1.29, 1.82) is 0 Å². The van der Waals surface area contributed by atoms with Crippen LogP contribution < -0.4 is 5.73 Å². The molecule has 0 atom stereocenters.